The number of aryl methyl sites for hydroxylation is 3. The average Bonchev–Trinajstić information content (AvgIpc) is 2.80. The van der Waals surface area contributed by atoms with Gasteiger partial charge in [-0.25, -0.2) is 16.8 Å². The van der Waals surface area contributed by atoms with Crippen molar-refractivity contribution in [1.82, 2.24) is 0 Å². The maximum absolute atomic E-state index is 12.7. The molecule has 37 heavy (non-hydrogen) atoms. The third-order valence-corrected chi connectivity index (χ3v) is 8.62. The lowest BCUT2D eigenvalue weighted by Crippen LogP contribution is -2.32. The van der Waals surface area contributed by atoms with Gasteiger partial charge in [0.1, 0.15) is 0 Å². The number of hydrogen-bond acceptors (Lipinski definition) is 5. The van der Waals surface area contributed by atoms with Gasteiger partial charge in [-0.3, -0.25) is 13.8 Å². The molecule has 2 N–H and O–H groups in total. The molecule has 0 unspecified atom stereocenters. The van der Waals surface area contributed by atoms with Crippen molar-refractivity contribution in [3.63, 3.8) is 0 Å². The Morgan fingerprint density at radius 2 is 1.46 bits per heavy atom. The minimum absolute atomic E-state index is 0.0596. The molecule has 0 spiro atoms. The van der Waals surface area contributed by atoms with Gasteiger partial charge in [-0.05, 0) is 92.4 Å². The fourth-order valence-electron chi connectivity index (χ4n) is 3.66. The van der Waals surface area contributed by atoms with Crippen LogP contribution in [0.1, 0.15) is 29.5 Å². The lowest BCUT2D eigenvalue weighted by atomic mass is 10.1. The molecule has 1 amide bonds. The number of nitrogens with one attached hydrogen (secondary N) is 2. The minimum atomic E-state index is -3.79. The fourth-order valence-corrected chi connectivity index (χ4v) is 5.89. The Kier molecular flexibility index (Phi) is 8.88. The first-order valence-corrected chi connectivity index (χ1v) is 15.2. The largest absolute Gasteiger partial charge is 0.326 e. The summed E-state index contributed by atoms with van der Waals surface area (Å²) >= 11 is 6.05. The molecule has 0 saturated heterocycles. The number of sulfonamides is 2. The van der Waals surface area contributed by atoms with Crippen molar-refractivity contribution in [3.8, 4) is 0 Å². The molecule has 0 heterocycles. The van der Waals surface area contributed by atoms with Gasteiger partial charge in [-0.1, -0.05) is 23.7 Å². The number of carbonyl (C=O) groups is 1. The van der Waals surface area contributed by atoms with Crippen LogP contribution >= 0.6 is 11.6 Å². The quantitative estimate of drug-likeness (QED) is 0.350. The first kappa shape index (κ1) is 28.5. The van der Waals surface area contributed by atoms with E-state index in [1.807, 2.05) is 19.9 Å². The van der Waals surface area contributed by atoms with E-state index in [4.69, 9.17) is 11.6 Å². The summed E-state index contributed by atoms with van der Waals surface area (Å²) < 4.78 is 53.9. The van der Waals surface area contributed by atoms with Crippen LogP contribution in [0.2, 0.25) is 5.02 Å². The fraction of sp³-hybridized carbons (Fsp3) is 0.269. The Labute approximate surface area is 223 Å². The molecule has 11 heteroatoms. The third-order valence-electron chi connectivity index (χ3n) is 5.81. The first-order valence-electron chi connectivity index (χ1n) is 11.5. The van der Waals surface area contributed by atoms with Gasteiger partial charge in [0.25, 0.3) is 10.0 Å². The zero-order valence-electron chi connectivity index (χ0n) is 21.1. The van der Waals surface area contributed by atoms with Crippen LogP contribution in [0.4, 0.5) is 17.1 Å². The molecule has 0 aliphatic rings. The number of rotatable bonds is 10. The van der Waals surface area contributed by atoms with Crippen molar-refractivity contribution < 1.29 is 21.6 Å². The first-order chi connectivity index (χ1) is 17.3. The molecule has 3 rings (SSSR count). The summed E-state index contributed by atoms with van der Waals surface area (Å²) in [6.45, 7) is 5.75. The number of halogens is 1. The Hall–Kier alpha value is -3.08. The van der Waals surface area contributed by atoms with E-state index in [9.17, 15) is 21.6 Å². The molecule has 3 aromatic carbocycles. The van der Waals surface area contributed by atoms with Crippen molar-refractivity contribution in [1.29, 1.82) is 0 Å². The van der Waals surface area contributed by atoms with Crippen LogP contribution in [0.5, 0.6) is 0 Å². The van der Waals surface area contributed by atoms with E-state index in [0.717, 1.165) is 22.9 Å². The monoisotopic (exact) mass is 563 g/mol. The van der Waals surface area contributed by atoms with E-state index in [1.165, 1.54) is 28.6 Å². The molecule has 0 saturated carbocycles. The SMILES string of the molecule is Cc1ccc(NS(=O)(=O)c2ccc(NC(=O)CCCN(c3cc(Cl)ccc3C)S(C)(=O)=O)cc2)cc1C. The zero-order valence-corrected chi connectivity index (χ0v) is 23.5. The van der Waals surface area contributed by atoms with Crippen LogP contribution in [0.15, 0.2) is 65.6 Å². The molecule has 0 aliphatic carbocycles. The van der Waals surface area contributed by atoms with Gasteiger partial charge < -0.3 is 5.32 Å². The van der Waals surface area contributed by atoms with Crippen LogP contribution in [0.25, 0.3) is 0 Å². The molecule has 0 bridgehead atoms. The number of anilines is 3. The summed E-state index contributed by atoms with van der Waals surface area (Å²) in [6.07, 6.45) is 1.45. The molecule has 0 atom stereocenters. The third kappa shape index (κ3) is 7.70. The lowest BCUT2D eigenvalue weighted by molar-refractivity contribution is -0.116. The summed E-state index contributed by atoms with van der Waals surface area (Å²) in [5.74, 6) is -0.319. The Morgan fingerprint density at radius 3 is 2.08 bits per heavy atom. The van der Waals surface area contributed by atoms with Crippen molar-refractivity contribution in [2.24, 2.45) is 0 Å². The predicted molar refractivity (Wildman–Crippen MR) is 149 cm³/mol. The molecular weight excluding hydrogens is 534 g/mol. The molecule has 3 aromatic rings. The van der Waals surface area contributed by atoms with Gasteiger partial charge >= 0.3 is 0 Å². The van der Waals surface area contributed by atoms with E-state index < -0.39 is 20.0 Å². The highest BCUT2D eigenvalue weighted by Crippen LogP contribution is 2.27. The number of nitrogens with zero attached hydrogens (tertiary/aromatic N) is 1. The van der Waals surface area contributed by atoms with E-state index in [0.29, 0.717) is 22.1 Å². The van der Waals surface area contributed by atoms with E-state index >= 15 is 0 Å². The second kappa shape index (κ2) is 11.5. The lowest BCUT2D eigenvalue weighted by Gasteiger charge is -2.24. The van der Waals surface area contributed by atoms with Gasteiger partial charge in [0.05, 0.1) is 16.8 Å². The summed E-state index contributed by atoms with van der Waals surface area (Å²) in [5, 5.41) is 3.13. The highest BCUT2D eigenvalue weighted by Gasteiger charge is 2.20. The predicted octanol–water partition coefficient (Wildman–Crippen LogP) is 5.25. The van der Waals surface area contributed by atoms with Crippen molar-refractivity contribution >= 4 is 54.6 Å². The zero-order chi connectivity index (χ0) is 27.4. The molecule has 0 radical (unpaired) electrons. The van der Waals surface area contributed by atoms with Crippen LogP contribution in [-0.4, -0.2) is 35.5 Å². The van der Waals surface area contributed by atoms with Crippen molar-refractivity contribution in [3.05, 3.63) is 82.4 Å². The normalized spacial score (nSPS) is 11.7. The topological polar surface area (TPSA) is 113 Å². The standard InChI is InChI=1S/C26H30ClN3O5S2/c1-18-8-10-23(16-20(18)3)29-37(34,35)24-13-11-22(12-14-24)28-26(31)6-5-15-30(36(4,32)33)25-17-21(27)9-7-19(25)2/h7-14,16-17,29H,5-6,15H2,1-4H3,(H,28,31). The van der Waals surface area contributed by atoms with Crippen LogP contribution in [0, 0.1) is 20.8 Å². The number of carbonyl (C=O) groups excluding carboxylic acids is 1. The van der Waals surface area contributed by atoms with Crippen molar-refractivity contribution in [2.45, 2.75) is 38.5 Å². The highest BCUT2D eigenvalue weighted by molar-refractivity contribution is 7.92. The maximum atomic E-state index is 12.7. The second-order valence-corrected chi connectivity index (χ2v) is 12.9. The molecule has 0 fully saturated rings. The van der Waals surface area contributed by atoms with Crippen molar-refractivity contribution in [2.75, 3.05) is 27.1 Å². The number of amides is 1. The minimum Gasteiger partial charge on any atom is -0.326 e. The van der Waals surface area contributed by atoms with Gasteiger partial charge in [-0.15, -0.1) is 0 Å². The second-order valence-electron chi connectivity index (χ2n) is 8.85. The summed E-state index contributed by atoms with van der Waals surface area (Å²) in [7, 11) is -7.37. The number of benzene rings is 3. The maximum Gasteiger partial charge on any atom is 0.261 e. The molecule has 8 nitrogen and oxygen atoms in total. The molecule has 0 aromatic heterocycles. The Morgan fingerprint density at radius 1 is 0.838 bits per heavy atom. The van der Waals surface area contributed by atoms with Gasteiger partial charge in [0.2, 0.25) is 15.9 Å². The summed E-state index contributed by atoms with van der Waals surface area (Å²) in [4.78, 5) is 12.5. The number of hydrogen-bond donors (Lipinski definition) is 2. The Bertz CT molecular complexity index is 1510. The van der Waals surface area contributed by atoms with Crippen LogP contribution in [-0.2, 0) is 24.8 Å². The van der Waals surface area contributed by atoms with Crippen LogP contribution in [0.3, 0.4) is 0 Å². The smallest absolute Gasteiger partial charge is 0.261 e. The highest BCUT2D eigenvalue weighted by atomic mass is 35.5. The Balaban J connectivity index is 1.60. The average molecular weight is 564 g/mol. The van der Waals surface area contributed by atoms with Gasteiger partial charge in [-0.2, -0.15) is 0 Å². The molecular formula is C26H30ClN3O5S2. The van der Waals surface area contributed by atoms with E-state index in [2.05, 4.69) is 10.0 Å². The van der Waals surface area contributed by atoms with Gasteiger partial charge in [0.15, 0.2) is 0 Å². The van der Waals surface area contributed by atoms with Crippen LogP contribution < -0.4 is 14.3 Å². The summed E-state index contributed by atoms with van der Waals surface area (Å²) in [6, 6.07) is 16.1. The van der Waals surface area contributed by atoms with E-state index in [1.54, 1.807) is 37.3 Å². The van der Waals surface area contributed by atoms with Gasteiger partial charge in [0, 0.05) is 29.4 Å². The van der Waals surface area contributed by atoms with E-state index in [-0.39, 0.29) is 30.2 Å². The molecule has 198 valence electrons. The molecule has 0 aliphatic heterocycles. The summed E-state index contributed by atoms with van der Waals surface area (Å²) in [5.41, 5.74) is 4.16.